The first-order valence-corrected chi connectivity index (χ1v) is 7.94. The van der Waals surface area contributed by atoms with E-state index in [0.29, 0.717) is 13.0 Å². The fraction of sp³-hybridized carbons (Fsp3) is 0.211. The first-order chi connectivity index (χ1) is 11.8. The zero-order valence-electron chi connectivity index (χ0n) is 13.2. The van der Waals surface area contributed by atoms with Gasteiger partial charge in [0.05, 0.1) is 12.6 Å². The first-order valence-electron chi connectivity index (χ1n) is 7.94. The van der Waals surface area contributed by atoms with Crippen molar-refractivity contribution in [2.24, 2.45) is 0 Å². The number of carbonyl (C=O) groups excluding carboxylic acids is 1. The Morgan fingerprint density at radius 1 is 1.08 bits per heavy atom. The lowest BCUT2D eigenvalue weighted by Gasteiger charge is -2.17. The predicted molar refractivity (Wildman–Crippen MR) is 92.7 cm³/mol. The summed E-state index contributed by atoms with van der Waals surface area (Å²) in [5.41, 5.74) is 1.72. The molecule has 0 saturated carbocycles. The van der Waals surface area contributed by atoms with Gasteiger partial charge in [-0.25, -0.2) is 4.79 Å². The third-order valence-electron chi connectivity index (χ3n) is 3.82. The second-order valence-electron chi connectivity index (χ2n) is 5.55. The van der Waals surface area contributed by atoms with Crippen LogP contribution in [0.3, 0.4) is 0 Å². The molecule has 1 heterocycles. The standard InChI is InChI=1S/C19H20N2O3/c22-13-17(14-6-2-1-3-7-14)21-19(23)20-11-10-16-12-15-8-4-5-9-18(15)24-16/h1-9,12,17,22H,10-11,13H2,(H2,20,21,23). The van der Waals surface area contributed by atoms with E-state index in [1.54, 1.807) is 0 Å². The smallest absolute Gasteiger partial charge is 0.315 e. The average molecular weight is 324 g/mol. The second-order valence-corrected chi connectivity index (χ2v) is 5.55. The molecule has 0 bridgehead atoms. The molecule has 3 aromatic rings. The van der Waals surface area contributed by atoms with E-state index >= 15 is 0 Å². The Hall–Kier alpha value is -2.79. The van der Waals surface area contributed by atoms with Crippen molar-refractivity contribution < 1.29 is 14.3 Å². The highest BCUT2D eigenvalue weighted by molar-refractivity contribution is 5.77. The molecule has 0 spiro atoms. The zero-order valence-corrected chi connectivity index (χ0v) is 13.2. The molecule has 0 saturated heterocycles. The number of hydrogen-bond donors (Lipinski definition) is 3. The van der Waals surface area contributed by atoms with Crippen LogP contribution in [0, 0.1) is 0 Å². The minimum atomic E-state index is -0.419. The summed E-state index contributed by atoms with van der Waals surface area (Å²) in [4.78, 5) is 12.0. The number of nitrogens with one attached hydrogen (secondary N) is 2. The Morgan fingerprint density at radius 2 is 1.83 bits per heavy atom. The van der Waals surface area contributed by atoms with Gasteiger partial charge in [0.2, 0.25) is 0 Å². The number of carbonyl (C=O) groups is 1. The van der Waals surface area contributed by atoms with Gasteiger partial charge < -0.3 is 20.2 Å². The van der Waals surface area contributed by atoms with Crippen molar-refractivity contribution in [1.82, 2.24) is 10.6 Å². The highest BCUT2D eigenvalue weighted by atomic mass is 16.3. The van der Waals surface area contributed by atoms with Gasteiger partial charge in [-0.2, -0.15) is 0 Å². The van der Waals surface area contributed by atoms with Crippen LogP contribution in [0.15, 0.2) is 65.1 Å². The van der Waals surface area contributed by atoms with Crippen molar-refractivity contribution in [2.75, 3.05) is 13.2 Å². The van der Waals surface area contributed by atoms with E-state index in [1.807, 2.05) is 60.7 Å². The molecule has 124 valence electrons. The molecule has 0 fully saturated rings. The number of aliphatic hydroxyl groups is 1. The van der Waals surface area contributed by atoms with Crippen LogP contribution in [0.5, 0.6) is 0 Å². The summed E-state index contributed by atoms with van der Waals surface area (Å²) >= 11 is 0. The Kier molecular flexibility index (Phi) is 5.13. The Bertz CT molecular complexity index is 765. The van der Waals surface area contributed by atoms with Crippen LogP contribution in [-0.2, 0) is 6.42 Å². The lowest BCUT2D eigenvalue weighted by Crippen LogP contribution is -2.40. The lowest BCUT2D eigenvalue weighted by atomic mass is 10.1. The van der Waals surface area contributed by atoms with Crippen molar-refractivity contribution in [3.05, 3.63) is 72.0 Å². The third kappa shape index (κ3) is 3.94. The summed E-state index contributed by atoms with van der Waals surface area (Å²) in [6.45, 7) is 0.305. The molecule has 3 rings (SSSR count). The largest absolute Gasteiger partial charge is 0.461 e. The lowest BCUT2D eigenvalue weighted by molar-refractivity contribution is 0.217. The monoisotopic (exact) mass is 324 g/mol. The van der Waals surface area contributed by atoms with Gasteiger partial charge in [0.1, 0.15) is 11.3 Å². The van der Waals surface area contributed by atoms with Crippen LogP contribution in [0.1, 0.15) is 17.4 Å². The maximum absolute atomic E-state index is 12.0. The molecule has 1 unspecified atom stereocenters. The molecule has 0 aliphatic rings. The van der Waals surface area contributed by atoms with Gasteiger partial charge >= 0.3 is 6.03 Å². The highest BCUT2D eigenvalue weighted by Gasteiger charge is 2.13. The van der Waals surface area contributed by atoms with E-state index in [2.05, 4.69) is 10.6 Å². The van der Waals surface area contributed by atoms with Gasteiger partial charge in [0.25, 0.3) is 0 Å². The van der Waals surface area contributed by atoms with Crippen LogP contribution in [0.2, 0.25) is 0 Å². The first kappa shape index (κ1) is 16.1. The highest BCUT2D eigenvalue weighted by Crippen LogP contribution is 2.18. The SMILES string of the molecule is O=C(NCCc1cc2ccccc2o1)NC(CO)c1ccccc1. The summed E-state index contributed by atoms with van der Waals surface area (Å²) < 4.78 is 5.71. The molecule has 5 heteroatoms. The molecule has 24 heavy (non-hydrogen) atoms. The zero-order chi connectivity index (χ0) is 16.8. The molecular weight excluding hydrogens is 304 g/mol. The molecule has 5 nitrogen and oxygen atoms in total. The van der Waals surface area contributed by atoms with Crippen molar-refractivity contribution in [1.29, 1.82) is 0 Å². The van der Waals surface area contributed by atoms with Crippen molar-refractivity contribution in [3.8, 4) is 0 Å². The Morgan fingerprint density at radius 3 is 2.58 bits per heavy atom. The van der Waals surface area contributed by atoms with Crippen LogP contribution < -0.4 is 10.6 Å². The summed E-state index contributed by atoms with van der Waals surface area (Å²) in [5, 5.41) is 16.1. The summed E-state index contributed by atoms with van der Waals surface area (Å²) in [7, 11) is 0. The normalized spacial score (nSPS) is 12.0. The van der Waals surface area contributed by atoms with E-state index in [4.69, 9.17) is 4.42 Å². The molecule has 3 N–H and O–H groups in total. The molecule has 2 aromatic carbocycles. The number of furan rings is 1. The molecule has 1 atom stereocenters. The number of hydrogen-bond acceptors (Lipinski definition) is 3. The molecular formula is C19H20N2O3. The Labute approximate surface area is 140 Å². The van der Waals surface area contributed by atoms with Gasteiger partial charge in [-0.3, -0.25) is 0 Å². The maximum Gasteiger partial charge on any atom is 0.315 e. The van der Waals surface area contributed by atoms with Crippen molar-refractivity contribution in [2.45, 2.75) is 12.5 Å². The van der Waals surface area contributed by atoms with Gasteiger partial charge in [-0.15, -0.1) is 0 Å². The number of rotatable bonds is 6. The number of amides is 2. The van der Waals surface area contributed by atoms with Crippen molar-refractivity contribution in [3.63, 3.8) is 0 Å². The van der Waals surface area contributed by atoms with E-state index in [0.717, 1.165) is 22.3 Å². The van der Waals surface area contributed by atoms with Gasteiger partial charge in [-0.1, -0.05) is 48.5 Å². The van der Waals surface area contributed by atoms with Crippen molar-refractivity contribution >= 4 is 17.0 Å². The van der Waals surface area contributed by atoms with Crippen LogP contribution >= 0.6 is 0 Å². The van der Waals surface area contributed by atoms with Crippen LogP contribution in [0.25, 0.3) is 11.0 Å². The van der Waals surface area contributed by atoms with Crippen LogP contribution in [-0.4, -0.2) is 24.3 Å². The summed E-state index contributed by atoms with van der Waals surface area (Å²) in [5.74, 6) is 0.832. The number of benzene rings is 2. The van der Waals surface area contributed by atoms with Gasteiger partial charge in [0, 0.05) is 18.4 Å². The third-order valence-corrected chi connectivity index (χ3v) is 3.82. The maximum atomic E-state index is 12.0. The molecule has 1 aromatic heterocycles. The molecule has 0 aliphatic heterocycles. The molecule has 0 radical (unpaired) electrons. The van der Waals surface area contributed by atoms with E-state index in [1.165, 1.54) is 0 Å². The van der Waals surface area contributed by atoms with Gasteiger partial charge in [-0.05, 0) is 17.7 Å². The van der Waals surface area contributed by atoms with E-state index < -0.39 is 6.04 Å². The second kappa shape index (κ2) is 7.66. The average Bonchev–Trinajstić information content (AvgIpc) is 3.03. The predicted octanol–water partition coefficient (Wildman–Crippen LogP) is 3.01. The summed E-state index contributed by atoms with van der Waals surface area (Å²) in [6, 6.07) is 18.4. The minimum absolute atomic E-state index is 0.152. The quantitative estimate of drug-likeness (QED) is 0.652. The number of aliphatic hydroxyl groups excluding tert-OH is 1. The topological polar surface area (TPSA) is 74.5 Å². The number of fused-ring (bicyclic) bond motifs is 1. The van der Waals surface area contributed by atoms with E-state index in [-0.39, 0.29) is 12.6 Å². The Balaban J connectivity index is 1.50. The minimum Gasteiger partial charge on any atom is -0.461 e. The number of urea groups is 1. The van der Waals surface area contributed by atoms with Crippen LogP contribution in [0.4, 0.5) is 4.79 Å². The fourth-order valence-electron chi connectivity index (χ4n) is 2.59. The fourth-order valence-corrected chi connectivity index (χ4v) is 2.59. The summed E-state index contributed by atoms with van der Waals surface area (Å²) in [6.07, 6.45) is 0.608. The van der Waals surface area contributed by atoms with Gasteiger partial charge in [0.15, 0.2) is 0 Å². The molecule has 2 amide bonds. The van der Waals surface area contributed by atoms with E-state index in [9.17, 15) is 9.90 Å². The molecule has 0 aliphatic carbocycles. The number of para-hydroxylation sites is 1.